The second kappa shape index (κ2) is 11.1. The maximum Gasteiger partial charge on any atom is 0.194 e. The Hall–Kier alpha value is -2.40. The van der Waals surface area contributed by atoms with Crippen molar-refractivity contribution in [3.05, 3.63) is 66.3 Å². The van der Waals surface area contributed by atoms with Gasteiger partial charge >= 0.3 is 0 Å². The van der Waals surface area contributed by atoms with Gasteiger partial charge in [0.05, 0.1) is 17.9 Å². The SMILES string of the molecule is CCNC(=NCc1ccc(-n2cccn2)cc1)N1CCN(Cc2ccon2)CC1.I. The van der Waals surface area contributed by atoms with Crippen LogP contribution in [0.3, 0.4) is 0 Å². The Bertz CT molecular complexity index is 886. The van der Waals surface area contributed by atoms with Crippen molar-refractivity contribution in [1.29, 1.82) is 0 Å². The predicted molar refractivity (Wildman–Crippen MR) is 127 cm³/mol. The molecule has 1 aliphatic rings. The van der Waals surface area contributed by atoms with Crippen molar-refractivity contribution in [2.24, 2.45) is 4.99 Å². The summed E-state index contributed by atoms with van der Waals surface area (Å²) in [7, 11) is 0. The third kappa shape index (κ3) is 5.82. The van der Waals surface area contributed by atoms with E-state index in [0.717, 1.165) is 56.6 Å². The van der Waals surface area contributed by atoms with Crippen LogP contribution in [0.5, 0.6) is 0 Å². The number of hydrogen-bond donors (Lipinski definition) is 1. The first-order valence-corrected chi connectivity index (χ1v) is 10.1. The molecular formula is C21H28IN7O. The van der Waals surface area contributed by atoms with Crippen molar-refractivity contribution >= 4 is 29.9 Å². The Morgan fingerprint density at radius 2 is 1.93 bits per heavy atom. The van der Waals surface area contributed by atoms with Crippen molar-refractivity contribution in [2.45, 2.75) is 20.0 Å². The van der Waals surface area contributed by atoms with Crippen LogP contribution in [-0.4, -0.2) is 63.4 Å². The van der Waals surface area contributed by atoms with Gasteiger partial charge in [-0.05, 0) is 30.7 Å². The van der Waals surface area contributed by atoms with Crippen LogP contribution in [0, 0.1) is 0 Å². The number of hydrogen-bond acceptors (Lipinski definition) is 5. The molecule has 1 aliphatic heterocycles. The molecule has 30 heavy (non-hydrogen) atoms. The highest BCUT2D eigenvalue weighted by molar-refractivity contribution is 14.0. The highest BCUT2D eigenvalue weighted by Gasteiger charge is 2.20. The van der Waals surface area contributed by atoms with Crippen LogP contribution >= 0.6 is 24.0 Å². The van der Waals surface area contributed by atoms with Gasteiger partial charge in [0, 0.05) is 57.7 Å². The maximum atomic E-state index is 4.93. The summed E-state index contributed by atoms with van der Waals surface area (Å²) >= 11 is 0. The van der Waals surface area contributed by atoms with Gasteiger partial charge in [-0.1, -0.05) is 17.3 Å². The molecule has 3 heterocycles. The summed E-state index contributed by atoms with van der Waals surface area (Å²) in [5, 5.41) is 11.7. The molecule has 8 nitrogen and oxygen atoms in total. The van der Waals surface area contributed by atoms with Crippen LogP contribution in [0.1, 0.15) is 18.2 Å². The van der Waals surface area contributed by atoms with Gasteiger partial charge in [0.2, 0.25) is 0 Å². The van der Waals surface area contributed by atoms with E-state index < -0.39 is 0 Å². The second-order valence-corrected chi connectivity index (χ2v) is 7.04. The normalized spacial score (nSPS) is 15.1. The Morgan fingerprint density at radius 1 is 1.13 bits per heavy atom. The molecule has 2 aromatic heterocycles. The molecule has 4 rings (SSSR count). The molecule has 160 valence electrons. The standard InChI is InChI=1S/C21H27N7O.HI/c1-2-22-21(27-13-11-26(12-14-27)17-19-8-15-29-25-19)23-16-18-4-6-20(7-5-18)28-10-3-9-24-28;/h3-10,15H,2,11-14,16-17H2,1H3,(H,22,23);1H. The minimum absolute atomic E-state index is 0. The van der Waals surface area contributed by atoms with Crippen LogP contribution < -0.4 is 5.32 Å². The molecule has 0 atom stereocenters. The van der Waals surface area contributed by atoms with Crippen molar-refractivity contribution in [2.75, 3.05) is 32.7 Å². The zero-order chi connectivity index (χ0) is 19.9. The van der Waals surface area contributed by atoms with Gasteiger partial charge in [-0.3, -0.25) is 4.90 Å². The van der Waals surface area contributed by atoms with Crippen LogP contribution in [0.4, 0.5) is 0 Å². The van der Waals surface area contributed by atoms with E-state index in [-0.39, 0.29) is 24.0 Å². The molecule has 0 spiro atoms. The van der Waals surface area contributed by atoms with Gasteiger partial charge in [-0.2, -0.15) is 5.10 Å². The first kappa shape index (κ1) is 22.3. The smallest absolute Gasteiger partial charge is 0.194 e. The van der Waals surface area contributed by atoms with E-state index in [2.05, 4.69) is 56.6 Å². The third-order valence-corrected chi connectivity index (χ3v) is 5.00. The highest BCUT2D eigenvalue weighted by Crippen LogP contribution is 2.11. The topological polar surface area (TPSA) is 74.7 Å². The van der Waals surface area contributed by atoms with E-state index in [1.165, 1.54) is 5.56 Å². The minimum Gasteiger partial charge on any atom is -0.364 e. The fraction of sp³-hybridized carbons (Fsp3) is 0.381. The molecule has 0 saturated carbocycles. The lowest BCUT2D eigenvalue weighted by Crippen LogP contribution is -2.52. The summed E-state index contributed by atoms with van der Waals surface area (Å²) in [5.41, 5.74) is 3.22. The van der Waals surface area contributed by atoms with Crippen molar-refractivity contribution in [3.8, 4) is 5.69 Å². The fourth-order valence-corrected chi connectivity index (χ4v) is 3.43. The summed E-state index contributed by atoms with van der Waals surface area (Å²) < 4.78 is 6.79. The second-order valence-electron chi connectivity index (χ2n) is 7.04. The number of aliphatic imine (C=N–C) groups is 1. The van der Waals surface area contributed by atoms with Gasteiger partial charge in [0.25, 0.3) is 0 Å². The van der Waals surface area contributed by atoms with E-state index in [4.69, 9.17) is 9.52 Å². The first-order valence-electron chi connectivity index (χ1n) is 10.1. The molecule has 1 N–H and O–H groups in total. The highest BCUT2D eigenvalue weighted by atomic mass is 127. The molecule has 3 aromatic rings. The predicted octanol–water partition coefficient (Wildman–Crippen LogP) is 2.76. The van der Waals surface area contributed by atoms with Gasteiger partial charge in [0.1, 0.15) is 6.26 Å². The zero-order valence-electron chi connectivity index (χ0n) is 17.1. The summed E-state index contributed by atoms with van der Waals surface area (Å²) in [6.07, 6.45) is 5.36. The number of benzene rings is 1. The number of guanidine groups is 1. The van der Waals surface area contributed by atoms with E-state index >= 15 is 0 Å². The quantitative estimate of drug-likeness (QED) is 0.306. The van der Waals surface area contributed by atoms with E-state index in [1.807, 2.05) is 23.0 Å². The van der Waals surface area contributed by atoms with Gasteiger partial charge in [-0.25, -0.2) is 9.67 Å². The average Bonchev–Trinajstić information content (AvgIpc) is 3.47. The molecule has 1 fully saturated rings. The minimum atomic E-state index is 0. The number of halogens is 1. The van der Waals surface area contributed by atoms with Gasteiger partial charge < -0.3 is 14.7 Å². The Balaban J connectivity index is 0.00000256. The molecule has 0 unspecified atom stereocenters. The van der Waals surface area contributed by atoms with E-state index in [9.17, 15) is 0 Å². The molecule has 0 amide bonds. The maximum absolute atomic E-state index is 4.93. The van der Waals surface area contributed by atoms with Crippen molar-refractivity contribution in [1.82, 2.24) is 30.1 Å². The first-order chi connectivity index (χ1) is 14.3. The molecule has 0 bridgehead atoms. The molecule has 0 radical (unpaired) electrons. The average molecular weight is 521 g/mol. The van der Waals surface area contributed by atoms with E-state index in [0.29, 0.717) is 6.54 Å². The fourth-order valence-electron chi connectivity index (χ4n) is 3.43. The van der Waals surface area contributed by atoms with E-state index in [1.54, 1.807) is 12.5 Å². The summed E-state index contributed by atoms with van der Waals surface area (Å²) in [6, 6.07) is 12.2. The van der Waals surface area contributed by atoms with Crippen molar-refractivity contribution in [3.63, 3.8) is 0 Å². The molecule has 0 aliphatic carbocycles. The number of nitrogens with one attached hydrogen (secondary N) is 1. The molecule has 9 heteroatoms. The lowest BCUT2D eigenvalue weighted by molar-refractivity contribution is 0.169. The lowest BCUT2D eigenvalue weighted by Gasteiger charge is -2.36. The Labute approximate surface area is 194 Å². The summed E-state index contributed by atoms with van der Waals surface area (Å²) in [4.78, 5) is 9.59. The van der Waals surface area contributed by atoms with Gasteiger partial charge in [0.15, 0.2) is 5.96 Å². The van der Waals surface area contributed by atoms with Crippen LogP contribution in [0.2, 0.25) is 0 Å². The zero-order valence-corrected chi connectivity index (χ0v) is 19.5. The summed E-state index contributed by atoms with van der Waals surface area (Å²) in [6.45, 7) is 8.31. The van der Waals surface area contributed by atoms with Crippen LogP contribution in [0.25, 0.3) is 5.69 Å². The largest absolute Gasteiger partial charge is 0.364 e. The molecule has 1 saturated heterocycles. The van der Waals surface area contributed by atoms with Gasteiger partial charge in [-0.15, -0.1) is 24.0 Å². The summed E-state index contributed by atoms with van der Waals surface area (Å²) in [5.74, 6) is 0.977. The number of piperazine rings is 1. The third-order valence-electron chi connectivity index (χ3n) is 5.00. The van der Waals surface area contributed by atoms with Crippen LogP contribution in [-0.2, 0) is 13.1 Å². The number of rotatable bonds is 6. The monoisotopic (exact) mass is 521 g/mol. The number of aromatic nitrogens is 3. The Morgan fingerprint density at radius 3 is 2.57 bits per heavy atom. The lowest BCUT2D eigenvalue weighted by atomic mass is 10.2. The molecule has 1 aromatic carbocycles. The van der Waals surface area contributed by atoms with Crippen molar-refractivity contribution < 1.29 is 4.52 Å². The molecular weight excluding hydrogens is 493 g/mol. The van der Waals surface area contributed by atoms with Crippen LogP contribution in [0.15, 0.2) is 64.6 Å². The Kier molecular flexibility index (Phi) is 8.26. The number of nitrogens with zero attached hydrogens (tertiary/aromatic N) is 6.